The van der Waals surface area contributed by atoms with E-state index in [9.17, 15) is 4.79 Å². The molecule has 1 amide bonds. The number of hydrogen-bond acceptors (Lipinski definition) is 1. The summed E-state index contributed by atoms with van der Waals surface area (Å²) in [5.41, 5.74) is 7.82. The number of carbonyl (C=O) groups is 1. The van der Waals surface area contributed by atoms with Crippen LogP contribution in [0.2, 0.25) is 5.02 Å². The Kier molecular flexibility index (Phi) is 6.15. The number of halogens is 1. The maximum absolute atomic E-state index is 13.1. The summed E-state index contributed by atoms with van der Waals surface area (Å²) in [5, 5.41) is 4.93. The van der Waals surface area contributed by atoms with Crippen molar-refractivity contribution in [3.8, 4) is 0 Å². The van der Waals surface area contributed by atoms with Crippen molar-refractivity contribution >= 4 is 34.1 Å². The number of rotatable bonds is 6. The molecule has 0 aliphatic carbocycles. The number of amides is 1. The Labute approximate surface area is 188 Å². The van der Waals surface area contributed by atoms with Crippen LogP contribution in [-0.4, -0.2) is 10.9 Å². The monoisotopic (exact) mass is 430 g/mol. The van der Waals surface area contributed by atoms with Crippen molar-refractivity contribution in [1.82, 2.24) is 4.98 Å². The van der Waals surface area contributed by atoms with E-state index in [4.69, 9.17) is 11.6 Å². The van der Waals surface area contributed by atoms with Crippen LogP contribution in [0, 0.1) is 13.8 Å². The molecular weight excluding hydrogens is 404 g/mol. The van der Waals surface area contributed by atoms with Crippen molar-refractivity contribution in [2.45, 2.75) is 39.5 Å². The van der Waals surface area contributed by atoms with Crippen molar-refractivity contribution in [1.29, 1.82) is 0 Å². The molecule has 0 saturated carbocycles. The molecule has 3 aromatic carbocycles. The first-order valence-corrected chi connectivity index (χ1v) is 11.1. The quantitative estimate of drug-likeness (QED) is 0.335. The average molecular weight is 431 g/mol. The number of carbonyl (C=O) groups excluding carboxylic acids is 1. The second-order valence-corrected chi connectivity index (χ2v) is 8.53. The molecule has 31 heavy (non-hydrogen) atoms. The first-order chi connectivity index (χ1) is 15.0. The lowest BCUT2D eigenvalue weighted by Gasteiger charge is -2.18. The fraction of sp³-hybridized carbons (Fsp3) is 0.222. The highest BCUT2D eigenvalue weighted by Crippen LogP contribution is 2.35. The van der Waals surface area contributed by atoms with E-state index < -0.39 is 0 Å². The van der Waals surface area contributed by atoms with Crippen LogP contribution in [-0.2, 0) is 11.2 Å². The maximum Gasteiger partial charge on any atom is 0.225 e. The van der Waals surface area contributed by atoms with Crippen LogP contribution in [0.15, 0.2) is 66.9 Å². The molecule has 2 N–H and O–H groups in total. The van der Waals surface area contributed by atoms with Gasteiger partial charge in [0.1, 0.15) is 0 Å². The van der Waals surface area contributed by atoms with Gasteiger partial charge in [-0.2, -0.15) is 0 Å². The third kappa shape index (κ3) is 4.52. The van der Waals surface area contributed by atoms with Gasteiger partial charge in [0.2, 0.25) is 5.91 Å². The van der Waals surface area contributed by atoms with Crippen LogP contribution in [0.3, 0.4) is 0 Å². The molecule has 0 radical (unpaired) electrons. The first kappa shape index (κ1) is 21.2. The van der Waals surface area contributed by atoms with Gasteiger partial charge < -0.3 is 10.3 Å². The standard InChI is InChI=1S/C27H27ClN2O/c1-4-19-6-5-7-23-25(16-29-27(19)23)24(20-9-11-21(28)12-10-20)15-26(31)30-22-13-8-17(2)18(3)14-22/h5-14,16,24,29H,4,15H2,1-3H3,(H,30,31). The zero-order chi connectivity index (χ0) is 22.0. The van der Waals surface area contributed by atoms with Crippen LogP contribution < -0.4 is 5.32 Å². The zero-order valence-electron chi connectivity index (χ0n) is 18.1. The number of fused-ring (bicyclic) bond motifs is 1. The number of H-pyrrole nitrogens is 1. The Morgan fingerprint density at radius 3 is 2.52 bits per heavy atom. The molecule has 1 heterocycles. The summed E-state index contributed by atoms with van der Waals surface area (Å²) in [7, 11) is 0. The number of aromatic nitrogens is 1. The van der Waals surface area contributed by atoms with Gasteiger partial charge in [-0.05, 0) is 72.4 Å². The number of aryl methyl sites for hydroxylation is 3. The lowest BCUT2D eigenvalue weighted by Crippen LogP contribution is -2.16. The molecule has 1 aromatic heterocycles. The van der Waals surface area contributed by atoms with Gasteiger partial charge >= 0.3 is 0 Å². The fourth-order valence-corrected chi connectivity index (χ4v) is 4.27. The molecule has 1 atom stereocenters. The predicted molar refractivity (Wildman–Crippen MR) is 130 cm³/mol. The largest absolute Gasteiger partial charge is 0.361 e. The van der Waals surface area contributed by atoms with E-state index in [1.807, 2.05) is 48.7 Å². The molecule has 0 fully saturated rings. The minimum atomic E-state index is -0.0790. The van der Waals surface area contributed by atoms with Crippen LogP contribution >= 0.6 is 11.6 Å². The molecule has 0 saturated heterocycles. The summed E-state index contributed by atoms with van der Waals surface area (Å²) < 4.78 is 0. The molecule has 0 aliphatic rings. The molecule has 3 nitrogen and oxygen atoms in total. The Morgan fingerprint density at radius 1 is 1.03 bits per heavy atom. The molecule has 0 bridgehead atoms. The Morgan fingerprint density at radius 2 is 1.81 bits per heavy atom. The van der Waals surface area contributed by atoms with E-state index in [2.05, 4.69) is 49.3 Å². The lowest BCUT2D eigenvalue weighted by molar-refractivity contribution is -0.116. The third-order valence-electron chi connectivity index (χ3n) is 6.04. The van der Waals surface area contributed by atoms with Crippen LogP contribution in [0.1, 0.15) is 47.1 Å². The smallest absolute Gasteiger partial charge is 0.225 e. The minimum Gasteiger partial charge on any atom is -0.361 e. The highest BCUT2D eigenvalue weighted by Gasteiger charge is 2.22. The average Bonchev–Trinajstić information content (AvgIpc) is 3.19. The molecule has 4 rings (SSSR count). The van der Waals surface area contributed by atoms with E-state index in [0.29, 0.717) is 11.4 Å². The molecule has 4 heteroatoms. The van der Waals surface area contributed by atoms with E-state index >= 15 is 0 Å². The van der Waals surface area contributed by atoms with Gasteiger partial charge in [0.25, 0.3) is 0 Å². The first-order valence-electron chi connectivity index (χ1n) is 10.7. The van der Waals surface area contributed by atoms with Crippen molar-refractivity contribution in [2.24, 2.45) is 0 Å². The number of nitrogens with one attached hydrogen (secondary N) is 2. The van der Waals surface area contributed by atoms with Gasteiger partial charge in [-0.25, -0.2) is 0 Å². The molecular formula is C27H27ClN2O. The number of benzene rings is 3. The number of para-hydroxylation sites is 1. The van der Waals surface area contributed by atoms with Gasteiger partial charge in [0, 0.05) is 40.1 Å². The number of aromatic amines is 1. The van der Waals surface area contributed by atoms with Crippen LogP contribution in [0.4, 0.5) is 5.69 Å². The van der Waals surface area contributed by atoms with Crippen LogP contribution in [0.25, 0.3) is 10.9 Å². The molecule has 0 spiro atoms. The Bertz CT molecular complexity index is 1220. The Hall–Kier alpha value is -3.04. The topological polar surface area (TPSA) is 44.9 Å². The number of hydrogen-bond donors (Lipinski definition) is 2. The van der Waals surface area contributed by atoms with Gasteiger partial charge in [-0.3, -0.25) is 4.79 Å². The van der Waals surface area contributed by atoms with E-state index in [1.165, 1.54) is 16.5 Å². The summed E-state index contributed by atoms with van der Waals surface area (Å²) in [4.78, 5) is 16.5. The summed E-state index contributed by atoms with van der Waals surface area (Å²) in [6.45, 7) is 6.28. The second kappa shape index (κ2) is 8.99. The highest BCUT2D eigenvalue weighted by molar-refractivity contribution is 6.30. The number of anilines is 1. The van der Waals surface area contributed by atoms with Crippen molar-refractivity contribution < 1.29 is 4.79 Å². The Balaban J connectivity index is 1.69. The van der Waals surface area contributed by atoms with Crippen molar-refractivity contribution in [3.05, 3.63) is 99.7 Å². The molecule has 0 aliphatic heterocycles. The minimum absolute atomic E-state index is 0.0100. The van der Waals surface area contributed by atoms with Gasteiger partial charge in [-0.15, -0.1) is 0 Å². The van der Waals surface area contributed by atoms with Gasteiger partial charge in [0.05, 0.1) is 0 Å². The maximum atomic E-state index is 13.1. The van der Waals surface area contributed by atoms with Crippen molar-refractivity contribution in [2.75, 3.05) is 5.32 Å². The second-order valence-electron chi connectivity index (χ2n) is 8.09. The zero-order valence-corrected chi connectivity index (χ0v) is 18.9. The predicted octanol–water partition coefficient (Wildman–Crippen LogP) is 7.16. The van der Waals surface area contributed by atoms with E-state index in [0.717, 1.165) is 34.3 Å². The highest BCUT2D eigenvalue weighted by atomic mass is 35.5. The molecule has 4 aromatic rings. The SMILES string of the molecule is CCc1cccc2c(C(CC(=O)Nc3ccc(C)c(C)c3)c3ccc(Cl)cc3)c[nH]c12. The van der Waals surface area contributed by atoms with Gasteiger partial charge in [0.15, 0.2) is 0 Å². The van der Waals surface area contributed by atoms with E-state index in [1.54, 1.807) is 0 Å². The third-order valence-corrected chi connectivity index (χ3v) is 6.29. The fourth-order valence-electron chi connectivity index (χ4n) is 4.14. The van der Waals surface area contributed by atoms with Crippen molar-refractivity contribution in [3.63, 3.8) is 0 Å². The van der Waals surface area contributed by atoms with E-state index in [-0.39, 0.29) is 11.8 Å². The summed E-state index contributed by atoms with van der Waals surface area (Å²) >= 11 is 6.13. The molecule has 158 valence electrons. The summed E-state index contributed by atoms with van der Waals surface area (Å²) in [6.07, 6.45) is 3.35. The van der Waals surface area contributed by atoms with Crippen LogP contribution in [0.5, 0.6) is 0 Å². The van der Waals surface area contributed by atoms with Gasteiger partial charge in [-0.1, -0.05) is 54.9 Å². The normalized spacial score (nSPS) is 12.1. The molecule has 1 unspecified atom stereocenters. The lowest BCUT2D eigenvalue weighted by atomic mass is 9.87. The summed E-state index contributed by atoms with van der Waals surface area (Å²) in [6, 6.07) is 20.2. The summed E-state index contributed by atoms with van der Waals surface area (Å²) in [5.74, 6) is -0.0890.